The van der Waals surface area contributed by atoms with Gasteiger partial charge in [0.05, 0.1) is 6.61 Å². The molecule has 2 heteroatoms. The summed E-state index contributed by atoms with van der Waals surface area (Å²) in [4.78, 5) is 0. The molecule has 0 spiro atoms. The molecular weight excluding hydrogens is 288 g/mol. The summed E-state index contributed by atoms with van der Waals surface area (Å²) in [6.07, 6.45) is 6.67. The van der Waals surface area contributed by atoms with Gasteiger partial charge in [0.15, 0.2) is 0 Å². The molecule has 0 heterocycles. The van der Waals surface area contributed by atoms with Crippen LogP contribution in [0.15, 0.2) is 18.2 Å². The van der Waals surface area contributed by atoms with Gasteiger partial charge >= 0.3 is 0 Å². The Balaban J connectivity index is 2.03. The third-order valence-corrected chi connectivity index (χ3v) is 5.48. The maximum Gasteiger partial charge on any atom is 0.122 e. The van der Waals surface area contributed by atoms with Crippen molar-refractivity contribution in [1.82, 2.24) is 0 Å². The van der Waals surface area contributed by atoms with E-state index in [4.69, 9.17) is 4.74 Å². The van der Waals surface area contributed by atoms with Crippen LogP contribution in [-0.2, 0) is 0 Å². The van der Waals surface area contributed by atoms with Gasteiger partial charge in [-0.15, -0.1) is 0 Å². The molecule has 1 aliphatic rings. The summed E-state index contributed by atoms with van der Waals surface area (Å²) in [5.74, 6) is 1.06. The van der Waals surface area contributed by atoms with E-state index in [1.165, 1.54) is 43.2 Å². The van der Waals surface area contributed by atoms with Crippen LogP contribution in [0.5, 0.6) is 5.75 Å². The van der Waals surface area contributed by atoms with Crippen LogP contribution < -0.4 is 4.74 Å². The lowest BCUT2D eigenvalue weighted by atomic mass is 9.76. The highest BCUT2D eigenvalue weighted by atomic mass is 79.9. The molecule has 0 amide bonds. The molecule has 18 heavy (non-hydrogen) atoms. The van der Waals surface area contributed by atoms with Crippen LogP contribution in [0, 0.1) is 19.3 Å². The van der Waals surface area contributed by atoms with E-state index in [0.29, 0.717) is 5.41 Å². The van der Waals surface area contributed by atoms with E-state index < -0.39 is 0 Å². The average Bonchev–Trinajstić information content (AvgIpc) is 2.41. The number of alkyl halides is 1. The number of aryl methyl sites for hydroxylation is 1. The molecular formula is C16H23BrO. The van der Waals surface area contributed by atoms with Crippen molar-refractivity contribution in [3.8, 4) is 5.75 Å². The second kappa shape index (κ2) is 6.10. The highest BCUT2D eigenvalue weighted by Crippen LogP contribution is 2.38. The summed E-state index contributed by atoms with van der Waals surface area (Å²) in [7, 11) is 0. The van der Waals surface area contributed by atoms with Crippen LogP contribution in [0.1, 0.15) is 43.2 Å². The van der Waals surface area contributed by atoms with Crippen molar-refractivity contribution < 1.29 is 4.74 Å². The Morgan fingerprint density at radius 1 is 1.17 bits per heavy atom. The molecule has 100 valence electrons. The van der Waals surface area contributed by atoms with Gasteiger partial charge in [-0.1, -0.05) is 47.3 Å². The molecule has 0 unspecified atom stereocenters. The molecule has 1 fully saturated rings. The molecule has 1 aliphatic carbocycles. The summed E-state index contributed by atoms with van der Waals surface area (Å²) in [5.41, 5.74) is 2.94. The van der Waals surface area contributed by atoms with Crippen LogP contribution >= 0.6 is 15.9 Å². The Morgan fingerprint density at radius 3 is 2.56 bits per heavy atom. The Bertz CT molecular complexity index is 394. The summed E-state index contributed by atoms with van der Waals surface area (Å²) < 4.78 is 6.12. The molecule has 0 N–H and O–H groups in total. The topological polar surface area (TPSA) is 9.23 Å². The largest absolute Gasteiger partial charge is 0.493 e. The molecule has 0 atom stereocenters. The summed E-state index contributed by atoms with van der Waals surface area (Å²) >= 11 is 3.69. The standard InChI is InChI=1S/C16H23BrO/c1-13-7-6-8-15(14(13)2)18-12-16(11-17)9-4-3-5-10-16/h6-8H,3-5,9-12H2,1-2H3. The van der Waals surface area contributed by atoms with Crippen LogP contribution in [0.4, 0.5) is 0 Å². The van der Waals surface area contributed by atoms with Crippen molar-refractivity contribution in [2.24, 2.45) is 5.41 Å². The normalized spacial score (nSPS) is 18.6. The van der Waals surface area contributed by atoms with E-state index >= 15 is 0 Å². The Hall–Kier alpha value is -0.500. The lowest BCUT2D eigenvalue weighted by Gasteiger charge is -2.35. The first kappa shape index (κ1) is 13.9. The second-order valence-electron chi connectivity index (χ2n) is 5.68. The van der Waals surface area contributed by atoms with Crippen molar-refractivity contribution in [3.63, 3.8) is 0 Å². The fraction of sp³-hybridized carbons (Fsp3) is 0.625. The van der Waals surface area contributed by atoms with Gasteiger partial charge in [0, 0.05) is 10.7 Å². The monoisotopic (exact) mass is 310 g/mol. The third-order valence-electron chi connectivity index (χ3n) is 4.29. The zero-order valence-corrected chi connectivity index (χ0v) is 13.1. The van der Waals surface area contributed by atoms with Gasteiger partial charge in [-0.25, -0.2) is 0 Å². The number of benzene rings is 1. The average molecular weight is 311 g/mol. The van der Waals surface area contributed by atoms with Crippen molar-refractivity contribution in [3.05, 3.63) is 29.3 Å². The van der Waals surface area contributed by atoms with Gasteiger partial charge in [0.1, 0.15) is 5.75 Å². The summed E-state index contributed by atoms with van der Waals surface area (Å²) in [6.45, 7) is 5.14. The lowest BCUT2D eigenvalue weighted by Crippen LogP contribution is -2.32. The van der Waals surface area contributed by atoms with Crippen molar-refractivity contribution in [2.45, 2.75) is 46.0 Å². The maximum atomic E-state index is 6.12. The fourth-order valence-electron chi connectivity index (χ4n) is 2.73. The van der Waals surface area contributed by atoms with E-state index in [1.54, 1.807) is 0 Å². The molecule has 1 aromatic carbocycles. The van der Waals surface area contributed by atoms with Crippen molar-refractivity contribution in [2.75, 3.05) is 11.9 Å². The molecule has 0 aromatic heterocycles. The SMILES string of the molecule is Cc1cccc(OCC2(CBr)CCCCC2)c1C. The van der Waals surface area contributed by atoms with Crippen LogP contribution in [0.3, 0.4) is 0 Å². The van der Waals surface area contributed by atoms with Crippen LogP contribution in [-0.4, -0.2) is 11.9 Å². The van der Waals surface area contributed by atoms with Crippen molar-refractivity contribution in [1.29, 1.82) is 0 Å². The minimum absolute atomic E-state index is 0.356. The predicted octanol–water partition coefficient (Wildman–Crippen LogP) is 5.03. The van der Waals surface area contributed by atoms with Gasteiger partial charge in [0.2, 0.25) is 0 Å². The molecule has 1 saturated carbocycles. The highest BCUT2D eigenvalue weighted by molar-refractivity contribution is 9.09. The molecule has 0 saturated heterocycles. The molecule has 1 aromatic rings. The minimum atomic E-state index is 0.356. The third kappa shape index (κ3) is 3.09. The number of ether oxygens (including phenoxy) is 1. The molecule has 0 aliphatic heterocycles. The van der Waals surface area contributed by atoms with E-state index in [9.17, 15) is 0 Å². The maximum absolute atomic E-state index is 6.12. The number of hydrogen-bond acceptors (Lipinski definition) is 1. The van der Waals surface area contributed by atoms with E-state index in [1.807, 2.05) is 0 Å². The first-order chi connectivity index (χ1) is 8.67. The Kier molecular flexibility index (Phi) is 4.71. The predicted molar refractivity (Wildman–Crippen MR) is 80.7 cm³/mol. The Labute approximate surface area is 119 Å². The van der Waals surface area contributed by atoms with Crippen molar-refractivity contribution >= 4 is 15.9 Å². The van der Waals surface area contributed by atoms with E-state index in [0.717, 1.165) is 17.7 Å². The fourth-order valence-corrected chi connectivity index (χ4v) is 3.45. The second-order valence-corrected chi connectivity index (χ2v) is 6.24. The number of halogens is 1. The Morgan fingerprint density at radius 2 is 1.89 bits per heavy atom. The lowest BCUT2D eigenvalue weighted by molar-refractivity contribution is 0.121. The van der Waals surface area contributed by atoms with Crippen LogP contribution in [0.2, 0.25) is 0 Å². The zero-order chi connectivity index (χ0) is 13.0. The van der Waals surface area contributed by atoms with E-state index in [-0.39, 0.29) is 0 Å². The van der Waals surface area contributed by atoms with E-state index in [2.05, 4.69) is 48.0 Å². The molecule has 2 rings (SSSR count). The molecule has 1 nitrogen and oxygen atoms in total. The zero-order valence-electron chi connectivity index (χ0n) is 11.5. The summed E-state index contributed by atoms with van der Waals surface area (Å²) in [5, 5.41) is 1.06. The smallest absolute Gasteiger partial charge is 0.122 e. The first-order valence-electron chi connectivity index (χ1n) is 6.92. The molecule has 0 bridgehead atoms. The number of hydrogen-bond donors (Lipinski definition) is 0. The minimum Gasteiger partial charge on any atom is -0.493 e. The van der Waals surface area contributed by atoms with Gasteiger partial charge in [0.25, 0.3) is 0 Å². The van der Waals surface area contributed by atoms with Gasteiger partial charge < -0.3 is 4.74 Å². The van der Waals surface area contributed by atoms with Gasteiger partial charge in [-0.3, -0.25) is 0 Å². The quantitative estimate of drug-likeness (QED) is 0.709. The number of rotatable bonds is 4. The van der Waals surface area contributed by atoms with Gasteiger partial charge in [-0.2, -0.15) is 0 Å². The van der Waals surface area contributed by atoms with Crippen LogP contribution in [0.25, 0.3) is 0 Å². The highest BCUT2D eigenvalue weighted by Gasteiger charge is 2.31. The molecule has 0 radical (unpaired) electrons. The van der Waals surface area contributed by atoms with Gasteiger partial charge in [-0.05, 0) is 43.9 Å². The summed E-state index contributed by atoms with van der Waals surface area (Å²) in [6, 6.07) is 6.31. The first-order valence-corrected chi connectivity index (χ1v) is 8.04.